The molecular weight excluding hydrogens is 436 g/mol. The number of halogens is 1. The van der Waals surface area contributed by atoms with Gasteiger partial charge in [0.05, 0.1) is 18.2 Å². The Morgan fingerprint density at radius 2 is 1.38 bits per heavy atom. The fourth-order valence-electron chi connectivity index (χ4n) is 2.13. The van der Waals surface area contributed by atoms with Gasteiger partial charge in [0.25, 0.3) is 0 Å². The zero-order chi connectivity index (χ0) is 24.6. The highest BCUT2D eigenvalue weighted by Gasteiger charge is 2.27. The third-order valence-electron chi connectivity index (χ3n) is 4.41. The maximum Gasteiger partial charge on any atom is 0.408 e. The Morgan fingerprint density at radius 1 is 0.938 bits per heavy atom. The smallest absolute Gasteiger partial charge is 0.408 e. The number of nitrogens with one attached hydrogen (secondary N) is 3. The summed E-state index contributed by atoms with van der Waals surface area (Å²) in [6.45, 7) is 12.9. The van der Waals surface area contributed by atoms with Crippen molar-refractivity contribution >= 4 is 30.3 Å². The number of carbonyl (C=O) groups is 3. The van der Waals surface area contributed by atoms with E-state index in [9.17, 15) is 14.4 Å². The molecule has 0 fully saturated rings. The number of carbonyl (C=O) groups excluding carboxylic acids is 3. The first kappa shape index (κ1) is 34.1. The second kappa shape index (κ2) is 18.1. The molecule has 11 heteroatoms. The maximum absolute atomic E-state index is 11.9. The van der Waals surface area contributed by atoms with E-state index in [0.717, 1.165) is 12.8 Å². The minimum atomic E-state index is -0.701. The Balaban J connectivity index is -0.000000561. The number of nitrogens with zero attached hydrogens (tertiary/aromatic N) is 2. The predicted octanol–water partition coefficient (Wildman–Crippen LogP) is 1.99. The highest BCUT2D eigenvalue weighted by Crippen LogP contribution is 2.11. The fraction of sp³-hybridized carbons (Fsp3) is 0.762. The average Bonchev–Trinajstić information content (AvgIpc) is 2.71. The van der Waals surface area contributed by atoms with E-state index < -0.39 is 23.8 Å². The highest BCUT2D eigenvalue weighted by atomic mass is 35.5. The summed E-state index contributed by atoms with van der Waals surface area (Å²) in [6.07, 6.45) is 0.951. The standard InChI is InChI=1S/C13H23N3O3.C8H15N3O.ClH/c1-6-9(2)10(11(17)15-8-7-14)16-12(18)19-13(3,4)5;1-3-6(2)7(10)8(12)11-5-4-9;/h9-10H,6,8H2,1-5H3,(H,15,17)(H,16,18);6-7H,3,5,10H2,1-2H3,(H,11,12);1H. The van der Waals surface area contributed by atoms with Gasteiger partial charge in [-0.1, -0.05) is 40.5 Å². The molecule has 0 aromatic carbocycles. The van der Waals surface area contributed by atoms with E-state index in [1.54, 1.807) is 20.8 Å². The van der Waals surface area contributed by atoms with Crippen LogP contribution in [0.4, 0.5) is 4.79 Å². The summed E-state index contributed by atoms with van der Waals surface area (Å²) < 4.78 is 5.12. The van der Waals surface area contributed by atoms with E-state index >= 15 is 0 Å². The van der Waals surface area contributed by atoms with Crippen molar-refractivity contribution in [2.24, 2.45) is 17.6 Å². The van der Waals surface area contributed by atoms with Gasteiger partial charge in [0.15, 0.2) is 0 Å². The van der Waals surface area contributed by atoms with Crippen molar-refractivity contribution in [3.63, 3.8) is 0 Å². The summed E-state index contributed by atoms with van der Waals surface area (Å²) in [7, 11) is 0. The van der Waals surface area contributed by atoms with Crippen LogP contribution in [0.3, 0.4) is 0 Å². The van der Waals surface area contributed by atoms with Crippen LogP contribution in [-0.4, -0.2) is 48.7 Å². The Labute approximate surface area is 198 Å². The molecule has 4 unspecified atom stereocenters. The maximum atomic E-state index is 11.9. The molecule has 0 heterocycles. The Bertz CT molecular complexity index is 654. The summed E-state index contributed by atoms with van der Waals surface area (Å²) in [4.78, 5) is 34.7. The van der Waals surface area contributed by atoms with Crippen molar-refractivity contribution in [3.8, 4) is 12.1 Å². The van der Waals surface area contributed by atoms with Gasteiger partial charge in [0, 0.05) is 0 Å². The first-order chi connectivity index (χ1) is 14.3. The van der Waals surface area contributed by atoms with Crippen molar-refractivity contribution in [3.05, 3.63) is 0 Å². The lowest BCUT2D eigenvalue weighted by atomic mass is 9.98. The topological polar surface area (TPSA) is 170 Å². The van der Waals surface area contributed by atoms with Crippen LogP contribution in [0, 0.1) is 34.5 Å². The predicted molar refractivity (Wildman–Crippen MR) is 125 cm³/mol. The molecule has 0 bridgehead atoms. The highest BCUT2D eigenvalue weighted by molar-refractivity contribution is 5.86. The van der Waals surface area contributed by atoms with Crippen molar-refractivity contribution in [2.75, 3.05) is 13.1 Å². The molecule has 0 radical (unpaired) electrons. The Hall–Kier alpha value is -2.56. The Morgan fingerprint density at radius 3 is 1.75 bits per heavy atom. The molecule has 0 spiro atoms. The molecule has 3 amide bonds. The number of hydrogen-bond donors (Lipinski definition) is 4. The molecule has 4 atom stereocenters. The molecule has 32 heavy (non-hydrogen) atoms. The number of nitrogens with two attached hydrogens (primary N) is 1. The molecule has 0 aliphatic heterocycles. The van der Waals surface area contributed by atoms with Crippen molar-refractivity contribution in [1.29, 1.82) is 10.5 Å². The molecule has 0 aromatic heterocycles. The van der Waals surface area contributed by atoms with Crippen LogP contribution < -0.4 is 21.7 Å². The van der Waals surface area contributed by atoms with Crippen LogP contribution >= 0.6 is 12.4 Å². The van der Waals surface area contributed by atoms with Crippen LogP contribution in [0.5, 0.6) is 0 Å². The lowest BCUT2D eigenvalue weighted by Gasteiger charge is -2.25. The molecule has 0 aliphatic rings. The van der Waals surface area contributed by atoms with Gasteiger partial charge in [-0.2, -0.15) is 10.5 Å². The third kappa shape index (κ3) is 16.2. The molecule has 0 rings (SSSR count). The van der Waals surface area contributed by atoms with E-state index in [4.69, 9.17) is 21.0 Å². The van der Waals surface area contributed by atoms with Crippen molar-refractivity contribution in [1.82, 2.24) is 16.0 Å². The van der Waals surface area contributed by atoms with Gasteiger partial charge in [-0.15, -0.1) is 12.4 Å². The normalized spacial score (nSPS) is 13.7. The Kier molecular flexibility index (Phi) is 19.2. The van der Waals surface area contributed by atoms with Gasteiger partial charge in [0.2, 0.25) is 11.8 Å². The molecule has 0 aromatic rings. The molecular formula is C21H39ClN6O4. The molecule has 10 nitrogen and oxygen atoms in total. The van der Waals surface area contributed by atoms with Gasteiger partial charge in [-0.05, 0) is 32.6 Å². The molecule has 0 saturated heterocycles. The SMILES string of the molecule is CCC(C)C(N)C(=O)NCC#N.CCC(C)C(NC(=O)OC(C)(C)C)C(=O)NCC#N.Cl. The van der Waals surface area contributed by atoms with Crippen molar-refractivity contribution < 1.29 is 19.1 Å². The first-order valence-electron chi connectivity index (χ1n) is 10.4. The monoisotopic (exact) mass is 474 g/mol. The number of nitriles is 2. The second-order valence-electron chi connectivity index (χ2n) is 8.17. The third-order valence-corrected chi connectivity index (χ3v) is 4.41. The van der Waals surface area contributed by atoms with Crippen LogP contribution in [0.25, 0.3) is 0 Å². The van der Waals surface area contributed by atoms with Gasteiger partial charge >= 0.3 is 6.09 Å². The summed E-state index contributed by atoms with van der Waals surface area (Å²) in [5, 5.41) is 24.1. The zero-order valence-corrected chi connectivity index (χ0v) is 21.0. The van der Waals surface area contributed by atoms with E-state index in [1.807, 2.05) is 39.8 Å². The second-order valence-corrected chi connectivity index (χ2v) is 8.17. The van der Waals surface area contributed by atoms with Gasteiger partial charge in [0.1, 0.15) is 24.7 Å². The summed E-state index contributed by atoms with van der Waals surface area (Å²) in [5.41, 5.74) is 4.97. The molecule has 0 aliphatic carbocycles. The summed E-state index contributed by atoms with van der Waals surface area (Å²) in [5.74, 6) is -0.512. The van der Waals surface area contributed by atoms with E-state index in [2.05, 4.69) is 16.0 Å². The summed E-state index contributed by atoms with van der Waals surface area (Å²) >= 11 is 0. The average molecular weight is 475 g/mol. The van der Waals surface area contributed by atoms with E-state index in [0.29, 0.717) is 0 Å². The molecule has 184 valence electrons. The van der Waals surface area contributed by atoms with Crippen LogP contribution in [0.15, 0.2) is 0 Å². The van der Waals surface area contributed by atoms with Gasteiger partial charge in [-0.3, -0.25) is 9.59 Å². The number of alkyl carbamates (subject to hydrolysis) is 1. The summed E-state index contributed by atoms with van der Waals surface area (Å²) in [6, 6.07) is 2.45. The number of amides is 3. The largest absolute Gasteiger partial charge is 0.444 e. The molecule has 5 N–H and O–H groups in total. The quantitative estimate of drug-likeness (QED) is 0.370. The molecule has 0 saturated carbocycles. The lowest BCUT2D eigenvalue weighted by Crippen LogP contribution is -2.51. The number of hydrogen-bond acceptors (Lipinski definition) is 7. The minimum Gasteiger partial charge on any atom is -0.444 e. The van der Waals surface area contributed by atoms with E-state index in [-0.39, 0.29) is 49.1 Å². The fourth-order valence-corrected chi connectivity index (χ4v) is 2.13. The first-order valence-corrected chi connectivity index (χ1v) is 10.4. The lowest BCUT2D eigenvalue weighted by molar-refractivity contribution is -0.124. The van der Waals surface area contributed by atoms with Crippen molar-refractivity contribution in [2.45, 2.75) is 79.0 Å². The van der Waals surface area contributed by atoms with Crippen LogP contribution in [0.2, 0.25) is 0 Å². The van der Waals surface area contributed by atoms with Crippen LogP contribution in [0.1, 0.15) is 61.3 Å². The van der Waals surface area contributed by atoms with E-state index in [1.165, 1.54) is 0 Å². The number of ether oxygens (including phenoxy) is 1. The van der Waals surface area contributed by atoms with Crippen LogP contribution in [-0.2, 0) is 14.3 Å². The zero-order valence-electron chi connectivity index (χ0n) is 20.2. The van der Waals surface area contributed by atoms with Gasteiger partial charge < -0.3 is 26.4 Å². The van der Waals surface area contributed by atoms with Gasteiger partial charge in [-0.25, -0.2) is 4.79 Å². The minimum absolute atomic E-state index is 0. The number of rotatable bonds is 9.